The van der Waals surface area contributed by atoms with Crippen molar-refractivity contribution < 1.29 is 9.90 Å². The number of pyridine rings is 1. The molecule has 4 rings (SSSR count). The third-order valence-electron chi connectivity index (χ3n) is 4.81. The summed E-state index contributed by atoms with van der Waals surface area (Å²) in [7, 11) is 0. The van der Waals surface area contributed by atoms with Crippen molar-refractivity contribution in [3.63, 3.8) is 0 Å². The van der Waals surface area contributed by atoms with Gasteiger partial charge in [-0.25, -0.2) is 19.7 Å². The molecule has 142 valence electrons. The monoisotopic (exact) mass is 489 g/mol. The minimum atomic E-state index is -0.900. The third kappa shape index (κ3) is 3.11. The lowest BCUT2D eigenvalue weighted by Gasteiger charge is -2.39. The van der Waals surface area contributed by atoms with E-state index < -0.39 is 6.09 Å². The van der Waals surface area contributed by atoms with E-state index in [-0.39, 0.29) is 6.04 Å². The predicted octanol–water partition coefficient (Wildman–Crippen LogP) is 2.48. The first-order valence-electron chi connectivity index (χ1n) is 8.62. The van der Waals surface area contributed by atoms with E-state index in [1.54, 1.807) is 18.3 Å². The maximum absolute atomic E-state index is 11.3. The minimum absolute atomic E-state index is 0.0119. The molecule has 0 aliphatic carbocycles. The van der Waals surface area contributed by atoms with Crippen LogP contribution in [0.1, 0.15) is 12.5 Å². The fraction of sp³-hybridized carbons (Fsp3) is 0.278. The molecule has 1 N–H and O–H groups in total. The molecule has 1 aliphatic heterocycles. The van der Waals surface area contributed by atoms with E-state index in [0.717, 1.165) is 14.8 Å². The molecule has 1 unspecified atom stereocenters. The van der Waals surface area contributed by atoms with Gasteiger partial charge in [-0.3, -0.25) is 4.57 Å². The van der Waals surface area contributed by atoms with Crippen LogP contribution in [0.2, 0.25) is 0 Å². The summed E-state index contributed by atoms with van der Waals surface area (Å²) < 4.78 is 2.81. The lowest BCUT2D eigenvalue weighted by Crippen LogP contribution is -2.53. The van der Waals surface area contributed by atoms with E-state index in [1.165, 1.54) is 11.2 Å². The number of carboxylic acid groups (broad SMARTS) is 1. The number of hydrogen-bond donors (Lipinski definition) is 1. The fourth-order valence-electron chi connectivity index (χ4n) is 3.46. The van der Waals surface area contributed by atoms with Crippen LogP contribution < -0.4 is 4.90 Å². The average molecular weight is 489 g/mol. The largest absolute Gasteiger partial charge is 0.465 e. The topological polar surface area (TPSA) is 111 Å². The van der Waals surface area contributed by atoms with Gasteiger partial charge in [0.1, 0.15) is 18.0 Å². The van der Waals surface area contributed by atoms with Gasteiger partial charge in [-0.2, -0.15) is 5.26 Å². The maximum atomic E-state index is 11.3. The number of amides is 1. The zero-order valence-electron chi connectivity index (χ0n) is 14.9. The molecule has 0 aromatic carbocycles. The van der Waals surface area contributed by atoms with Gasteiger partial charge >= 0.3 is 6.09 Å². The van der Waals surface area contributed by atoms with E-state index in [2.05, 4.69) is 48.5 Å². The van der Waals surface area contributed by atoms with Crippen LogP contribution >= 0.6 is 22.6 Å². The van der Waals surface area contributed by atoms with Crippen molar-refractivity contribution in [1.82, 2.24) is 24.4 Å². The van der Waals surface area contributed by atoms with Crippen LogP contribution in [0.3, 0.4) is 0 Å². The molecule has 0 radical (unpaired) electrons. The summed E-state index contributed by atoms with van der Waals surface area (Å²) in [5, 5.41) is 19.3. The molecule has 0 spiro atoms. The number of nitriles is 1. The maximum Gasteiger partial charge on any atom is 0.407 e. The first-order valence-corrected chi connectivity index (χ1v) is 9.70. The Bertz CT molecular complexity index is 1110. The van der Waals surface area contributed by atoms with Crippen molar-refractivity contribution in [2.75, 3.05) is 24.5 Å². The Morgan fingerprint density at radius 1 is 1.36 bits per heavy atom. The van der Waals surface area contributed by atoms with E-state index in [1.807, 2.05) is 17.7 Å². The molecular formula is C18H16IN7O2. The molecule has 1 saturated heterocycles. The van der Waals surface area contributed by atoms with E-state index in [4.69, 9.17) is 5.26 Å². The van der Waals surface area contributed by atoms with Gasteiger partial charge in [0.2, 0.25) is 0 Å². The number of anilines is 1. The quantitative estimate of drug-likeness (QED) is 0.551. The molecular weight excluding hydrogens is 473 g/mol. The Kier molecular flexibility index (Phi) is 4.76. The van der Waals surface area contributed by atoms with Crippen molar-refractivity contribution >= 4 is 45.5 Å². The number of nitrogens with zero attached hydrogens (tertiary/aromatic N) is 7. The molecule has 3 aromatic rings. The smallest absolute Gasteiger partial charge is 0.407 e. The SMILES string of the molecule is CC1CN(C(=O)O)CCN1c1ncnc2c1c(I)cn2-c1cc(C#N)ccn1. The van der Waals surface area contributed by atoms with Gasteiger partial charge in [0.15, 0.2) is 5.65 Å². The van der Waals surface area contributed by atoms with Crippen LogP contribution in [0.5, 0.6) is 0 Å². The Labute approximate surface area is 174 Å². The van der Waals surface area contributed by atoms with Crippen LogP contribution in [0, 0.1) is 14.9 Å². The predicted molar refractivity (Wildman–Crippen MR) is 110 cm³/mol. The van der Waals surface area contributed by atoms with Gasteiger partial charge in [0.25, 0.3) is 0 Å². The van der Waals surface area contributed by atoms with Crippen LogP contribution in [-0.2, 0) is 0 Å². The molecule has 9 nitrogen and oxygen atoms in total. The highest BCUT2D eigenvalue weighted by Crippen LogP contribution is 2.32. The van der Waals surface area contributed by atoms with Gasteiger partial charge in [-0.05, 0) is 41.6 Å². The average Bonchev–Trinajstić information content (AvgIpc) is 3.05. The summed E-state index contributed by atoms with van der Waals surface area (Å²) in [6.45, 7) is 3.39. The molecule has 0 bridgehead atoms. The van der Waals surface area contributed by atoms with Gasteiger partial charge < -0.3 is 14.9 Å². The second kappa shape index (κ2) is 7.23. The van der Waals surface area contributed by atoms with E-state index in [0.29, 0.717) is 36.7 Å². The first kappa shape index (κ1) is 18.4. The lowest BCUT2D eigenvalue weighted by molar-refractivity contribution is 0.136. The van der Waals surface area contributed by atoms with Crippen molar-refractivity contribution in [2.45, 2.75) is 13.0 Å². The Morgan fingerprint density at radius 2 is 2.18 bits per heavy atom. The fourth-order valence-corrected chi connectivity index (χ4v) is 4.22. The van der Waals surface area contributed by atoms with E-state index in [9.17, 15) is 9.90 Å². The van der Waals surface area contributed by atoms with Crippen molar-refractivity contribution in [1.29, 1.82) is 5.26 Å². The second-order valence-electron chi connectivity index (χ2n) is 6.53. The number of halogens is 1. The molecule has 1 atom stereocenters. The summed E-state index contributed by atoms with van der Waals surface area (Å²) in [6, 6.07) is 5.48. The molecule has 1 fully saturated rings. The van der Waals surface area contributed by atoms with Gasteiger partial charge in [-0.1, -0.05) is 0 Å². The molecule has 3 aromatic heterocycles. The molecule has 1 amide bonds. The molecule has 28 heavy (non-hydrogen) atoms. The normalized spacial score (nSPS) is 17.0. The van der Waals surface area contributed by atoms with E-state index >= 15 is 0 Å². The standard InChI is InChI=1S/C18H16IN7O2/c1-11-8-24(18(27)28)4-5-25(11)16-15-13(19)9-26(17(15)23-10-22-16)14-6-12(7-20)2-3-21-14/h2-3,6,9-11H,4-5,8H2,1H3,(H,27,28). The highest BCUT2D eigenvalue weighted by Gasteiger charge is 2.29. The second-order valence-corrected chi connectivity index (χ2v) is 7.69. The summed E-state index contributed by atoms with van der Waals surface area (Å²) in [5.41, 5.74) is 1.22. The minimum Gasteiger partial charge on any atom is -0.465 e. The van der Waals surface area contributed by atoms with Crippen molar-refractivity contribution in [3.05, 3.63) is 40.0 Å². The van der Waals surface area contributed by atoms with Crippen LogP contribution in [-0.4, -0.2) is 61.3 Å². The lowest BCUT2D eigenvalue weighted by atomic mass is 10.2. The zero-order valence-corrected chi connectivity index (χ0v) is 17.1. The zero-order chi connectivity index (χ0) is 19.8. The highest BCUT2D eigenvalue weighted by molar-refractivity contribution is 14.1. The van der Waals surface area contributed by atoms with Crippen LogP contribution in [0.25, 0.3) is 16.9 Å². The summed E-state index contributed by atoms with van der Waals surface area (Å²) in [4.78, 5) is 28.1. The number of fused-ring (bicyclic) bond motifs is 1. The molecule has 4 heterocycles. The Morgan fingerprint density at radius 3 is 2.89 bits per heavy atom. The molecule has 1 aliphatic rings. The van der Waals surface area contributed by atoms with Gasteiger partial charge in [0.05, 0.1) is 17.0 Å². The van der Waals surface area contributed by atoms with Gasteiger partial charge in [0, 0.05) is 41.6 Å². The number of aromatic nitrogens is 4. The summed E-state index contributed by atoms with van der Waals surface area (Å²) in [5.74, 6) is 1.39. The van der Waals surface area contributed by atoms with Gasteiger partial charge in [-0.15, -0.1) is 0 Å². The highest BCUT2D eigenvalue weighted by atomic mass is 127. The first-order chi connectivity index (χ1) is 13.5. The van der Waals surface area contributed by atoms with Crippen molar-refractivity contribution in [3.8, 4) is 11.9 Å². The molecule has 0 saturated carbocycles. The number of carbonyl (C=O) groups is 1. The van der Waals surface area contributed by atoms with Crippen LogP contribution in [0.15, 0.2) is 30.9 Å². The van der Waals surface area contributed by atoms with Crippen molar-refractivity contribution in [2.24, 2.45) is 0 Å². The number of hydrogen-bond acceptors (Lipinski definition) is 6. The number of rotatable bonds is 2. The van der Waals surface area contributed by atoms with Crippen LogP contribution in [0.4, 0.5) is 10.6 Å². The Balaban J connectivity index is 1.79. The summed E-state index contributed by atoms with van der Waals surface area (Å²) in [6.07, 6.45) is 4.13. The summed E-state index contributed by atoms with van der Waals surface area (Å²) >= 11 is 2.24. The molecule has 10 heteroatoms. The Hall–Kier alpha value is -2.94. The number of piperazine rings is 1. The third-order valence-corrected chi connectivity index (χ3v) is 5.63.